The lowest BCUT2D eigenvalue weighted by Gasteiger charge is -2.17. The van der Waals surface area contributed by atoms with Crippen molar-refractivity contribution in [3.8, 4) is 5.69 Å². The Labute approximate surface area is 146 Å². The van der Waals surface area contributed by atoms with Crippen LogP contribution in [0.2, 0.25) is 0 Å². The minimum absolute atomic E-state index is 0.537. The average Bonchev–Trinajstić information content (AvgIpc) is 2.82. The molecule has 0 radical (unpaired) electrons. The zero-order valence-electron chi connectivity index (χ0n) is 13.3. The third-order valence-electron chi connectivity index (χ3n) is 4.55. The van der Waals surface area contributed by atoms with Crippen molar-refractivity contribution in [1.29, 1.82) is 0 Å². The predicted octanol–water partition coefficient (Wildman–Crippen LogP) is 5.45. The first-order chi connectivity index (χ1) is 10.6. The van der Waals surface area contributed by atoms with E-state index >= 15 is 0 Å². The Bertz CT molecular complexity index is 661. The van der Waals surface area contributed by atoms with Crippen molar-refractivity contribution in [3.05, 3.63) is 50.9 Å². The molecule has 1 aromatic carbocycles. The van der Waals surface area contributed by atoms with E-state index in [1.54, 1.807) is 0 Å². The van der Waals surface area contributed by atoms with Gasteiger partial charge in [-0.3, -0.25) is 4.99 Å². The van der Waals surface area contributed by atoms with Crippen molar-refractivity contribution in [3.63, 3.8) is 0 Å². The second kappa shape index (κ2) is 6.99. The highest BCUT2D eigenvalue weighted by molar-refractivity contribution is 14.1. The van der Waals surface area contributed by atoms with Crippen molar-refractivity contribution < 1.29 is 0 Å². The zero-order chi connectivity index (χ0) is 15.5. The molecule has 2 aromatic rings. The van der Waals surface area contributed by atoms with Gasteiger partial charge in [0.15, 0.2) is 0 Å². The topological polar surface area (TPSA) is 17.3 Å². The van der Waals surface area contributed by atoms with Gasteiger partial charge in [0, 0.05) is 38.5 Å². The molecule has 0 bridgehead atoms. The largest absolute Gasteiger partial charge is 0.318 e. The van der Waals surface area contributed by atoms with Gasteiger partial charge in [0.2, 0.25) is 0 Å². The number of hydrogen-bond acceptors (Lipinski definition) is 1. The van der Waals surface area contributed by atoms with E-state index in [1.807, 2.05) is 0 Å². The lowest BCUT2D eigenvalue weighted by molar-refractivity contribution is 0.444. The normalized spacial score (nSPS) is 16.5. The molecule has 0 atom stereocenters. The Morgan fingerprint density at radius 1 is 1.09 bits per heavy atom. The zero-order valence-corrected chi connectivity index (χ0v) is 15.5. The van der Waals surface area contributed by atoms with Crippen LogP contribution in [0.15, 0.2) is 35.3 Å². The van der Waals surface area contributed by atoms with Crippen LogP contribution in [0.5, 0.6) is 0 Å². The van der Waals surface area contributed by atoms with Crippen LogP contribution < -0.4 is 0 Å². The molecule has 1 saturated carbocycles. The highest BCUT2D eigenvalue weighted by atomic mass is 127. The van der Waals surface area contributed by atoms with Gasteiger partial charge in [-0.25, -0.2) is 0 Å². The summed E-state index contributed by atoms with van der Waals surface area (Å²) in [6.07, 6.45) is 8.67. The van der Waals surface area contributed by atoms with Gasteiger partial charge in [-0.05, 0) is 79.6 Å². The first-order valence-corrected chi connectivity index (χ1v) is 9.21. The highest BCUT2D eigenvalue weighted by Gasteiger charge is 2.13. The van der Waals surface area contributed by atoms with Crippen molar-refractivity contribution in [1.82, 2.24) is 4.57 Å². The summed E-state index contributed by atoms with van der Waals surface area (Å²) >= 11 is 2.35. The third-order valence-corrected chi connectivity index (χ3v) is 5.27. The molecule has 0 spiro atoms. The fourth-order valence-corrected chi connectivity index (χ4v) is 3.68. The summed E-state index contributed by atoms with van der Waals surface area (Å²) in [5.74, 6) is 0. The first kappa shape index (κ1) is 15.8. The van der Waals surface area contributed by atoms with Crippen molar-refractivity contribution in [2.75, 3.05) is 0 Å². The van der Waals surface area contributed by atoms with Crippen molar-refractivity contribution >= 4 is 28.8 Å². The number of aliphatic imine (C=N–C) groups is 1. The highest BCUT2D eigenvalue weighted by Crippen LogP contribution is 2.23. The first-order valence-electron chi connectivity index (χ1n) is 8.13. The van der Waals surface area contributed by atoms with Crippen LogP contribution in [0.3, 0.4) is 0 Å². The molecule has 2 nitrogen and oxygen atoms in total. The Morgan fingerprint density at radius 2 is 1.77 bits per heavy atom. The fraction of sp³-hybridized carbons (Fsp3) is 0.421. The van der Waals surface area contributed by atoms with Crippen LogP contribution in [0.1, 0.15) is 49.1 Å². The standard InChI is InChI=1S/C19H23IN2/c1-14-12-16(13-21-18-6-4-3-5-7-18)15(2)22(14)19-10-8-17(20)9-11-19/h8-13,18H,3-7H2,1-2H3. The molecule has 1 aliphatic carbocycles. The van der Waals surface area contributed by atoms with E-state index in [9.17, 15) is 0 Å². The third kappa shape index (κ3) is 3.45. The van der Waals surface area contributed by atoms with Gasteiger partial charge in [-0.15, -0.1) is 0 Å². The van der Waals surface area contributed by atoms with Gasteiger partial charge in [-0.1, -0.05) is 19.3 Å². The molecule has 1 aliphatic rings. The number of benzene rings is 1. The predicted molar refractivity (Wildman–Crippen MR) is 102 cm³/mol. The number of hydrogen-bond donors (Lipinski definition) is 0. The molecular weight excluding hydrogens is 383 g/mol. The van der Waals surface area contributed by atoms with Gasteiger partial charge in [0.05, 0.1) is 0 Å². The number of nitrogens with zero attached hydrogens (tertiary/aromatic N) is 2. The Morgan fingerprint density at radius 3 is 2.45 bits per heavy atom. The minimum atomic E-state index is 0.537. The Balaban J connectivity index is 1.86. The number of aryl methyl sites for hydroxylation is 1. The second-order valence-corrected chi connectivity index (χ2v) is 7.45. The molecule has 0 saturated heterocycles. The van der Waals surface area contributed by atoms with E-state index in [1.165, 1.54) is 58.3 Å². The molecule has 1 fully saturated rings. The van der Waals surface area contributed by atoms with Gasteiger partial charge in [0.1, 0.15) is 0 Å². The van der Waals surface area contributed by atoms with E-state index in [0.717, 1.165) is 0 Å². The SMILES string of the molecule is Cc1cc(C=NC2CCCCC2)c(C)n1-c1ccc(I)cc1. The number of halogens is 1. The van der Waals surface area contributed by atoms with Crippen LogP contribution >= 0.6 is 22.6 Å². The smallest absolute Gasteiger partial charge is 0.0499 e. The summed E-state index contributed by atoms with van der Waals surface area (Å²) in [6, 6.07) is 11.5. The molecule has 0 amide bonds. The summed E-state index contributed by atoms with van der Waals surface area (Å²) in [6.45, 7) is 4.36. The Kier molecular flexibility index (Phi) is 5.01. The van der Waals surface area contributed by atoms with Crippen molar-refractivity contribution in [2.45, 2.75) is 52.0 Å². The summed E-state index contributed by atoms with van der Waals surface area (Å²) in [5.41, 5.74) is 5.02. The molecule has 1 heterocycles. The monoisotopic (exact) mass is 406 g/mol. The van der Waals surface area contributed by atoms with Gasteiger partial charge in [0.25, 0.3) is 0 Å². The maximum atomic E-state index is 4.84. The molecule has 0 unspecified atom stereocenters. The number of rotatable bonds is 3. The molecule has 0 aliphatic heterocycles. The Hall–Kier alpha value is -1.10. The summed E-state index contributed by atoms with van der Waals surface area (Å²) in [5, 5.41) is 0. The van der Waals surface area contributed by atoms with Crippen LogP contribution in [0.25, 0.3) is 5.69 Å². The van der Waals surface area contributed by atoms with E-state index < -0.39 is 0 Å². The maximum absolute atomic E-state index is 4.84. The molecule has 1 aromatic heterocycles. The minimum Gasteiger partial charge on any atom is -0.318 e. The van der Waals surface area contributed by atoms with Gasteiger partial charge < -0.3 is 4.57 Å². The maximum Gasteiger partial charge on any atom is 0.0499 e. The quantitative estimate of drug-likeness (QED) is 0.477. The lowest BCUT2D eigenvalue weighted by atomic mass is 9.96. The van der Waals surface area contributed by atoms with E-state index in [2.05, 4.69) is 77.6 Å². The molecule has 116 valence electrons. The lowest BCUT2D eigenvalue weighted by Crippen LogP contribution is -2.09. The van der Waals surface area contributed by atoms with Gasteiger partial charge >= 0.3 is 0 Å². The van der Waals surface area contributed by atoms with Gasteiger partial charge in [-0.2, -0.15) is 0 Å². The summed E-state index contributed by atoms with van der Waals surface area (Å²) in [7, 11) is 0. The summed E-state index contributed by atoms with van der Waals surface area (Å²) < 4.78 is 3.58. The average molecular weight is 406 g/mol. The second-order valence-electron chi connectivity index (χ2n) is 6.21. The number of aromatic nitrogens is 1. The van der Waals surface area contributed by atoms with E-state index in [-0.39, 0.29) is 0 Å². The van der Waals surface area contributed by atoms with Crippen LogP contribution in [-0.4, -0.2) is 16.8 Å². The summed E-state index contributed by atoms with van der Waals surface area (Å²) in [4.78, 5) is 4.84. The van der Waals surface area contributed by atoms with E-state index in [0.29, 0.717) is 6.04 Å². The van der Waals surface area contributed by atoms with Crippen LogP contribution in [0, 0.1) is 17.4 Å². The van der Waals surface area contributed by atoms with Crippen LogP contribution in [0.4, 0.5) is 0 Å². The van der Waals surface area contributed by atoms with Crippen molar-refractivity contribution in [2.24, 2.45) is 4.99 Å². The molecule has 3 heteroatoms. The van der Waals surface area contributed by atoms with E-state index in [4.69, 9.17) is 4.99 Å². The molecule has 22 heavy (non-hydrogen) atoms. The molecule has 0 N–H and O–H groups in total. The fourth-order valence-electron chi connectivity index (χ4n) is 3.32. The molecular formula is C19H23IN2. The van der Waals surface area contributed by atoms with Crippen LogP contribution in [-0.2, 0) is 0 Å². The molecule has 3 rings (SSSR count).